The van der Waals surface area contributed by atoms with Crippen molar-refractivity contribution >= 4 is 51.6 Å². The molecule has 0 spiro atoms. The second-order valence-corrected chi connectivity index (χ2v) is 7.97. The molecule has 1 aromatic heterocycles. The van der Waals surface area contributed by atoms with Crippen LogP contribution in [-0.2, 0) is 17.6 Å². The summed E-state index contributed by atoms with van der Waals surface area (Å²) in [7, 11) is 0. The zero-order valence-corrected chi connectivity index (χ0v) is 16.4. The number of aryl methyl sites for hydroxylation is 1. The minimum absolute atomic E-state index is 0.304. The molecule has 25 heavy (non-hydrogen) atoms. The average molecular weight is 396 g/mol. The normalized spacial score (nSPS) is 12.8. The number of ether oxygens (including phenoxy) is 1. The van der Waals surface area contributed by atoms with Crippen molar-refractivity contribution in [3.8, 4) is 0 Å². The maximum absolute atomic E-state index is 12.7. The Morgan fingerprint density at radius 2 is 2.16 bits per heavy atom. The molecule has 132 valence electrons. The van der Waals surface area contributed by atoms with Crippen molar-refractivity contribution in [2.24, 2.45) is 0 Å². The Labute approximate surface area is 159 Å². The molecule has 3 rings (SSSR count). The van der Waals surface area contributed by atoms with Crippen LogP contribution in [-0.4, -0.2) is 24.7 Å². The second-order valence-electron chi connectivity index (χ2n) is 5.58. The molecule has 1 aliphatic carbocycles. The molecular weight excluding hydrogens is 378 g/mol. The van der Waals surface area contributed by atoms with Gasteiger partial charge in [-0.05, 0) is 56.2 Å². The molecule has 0 bridgehead atoms. The highest BCUT2D eigenvalue weighted by molar-refractivity contribution is 7.98. The summed E-state index contributed by atoms with van der Waals surface area (Å²) in [6.07, 6.45) is 4.75. The first-order chi connectivity index (χ1) is 12.0. The summed E-state index contributed by atoms with van der Waals surface area (Å²) in [4.78, 5) is 27.2. The average Bonchev–Trinajstić information content (AvgIpc) is 3.15. The number of anilines is 1. The molecule has 1 N–H and O–H groups in total. The molecule has 0 atom stereocenters. The molecule has 0 radical (unpaired) electrons. The number of thioether (sulfide) groups is 1. The molecule has 2 aromatic rings. The van der Waals surface area contributed by atoms with Crippen LogP contribution in [0.1, 0.15) is 44.5 Å². The van der Waals surface area contributed by atoms with E-state index >= 15 is 0 Å². The lowest BCUT2D eigenvalue weighted by molar-refractivity contribution is 0.0527. The third-order valence-corrected chi connectivity index (χ3v) is 6.31. The first kappa shape index (κ1) is 18.3. The van der Waals surface area contributed by atoms with Crippen molar-refractivity contribution in [2.45, 2.75) is 31.1 Å². The van der Waals surface area contributed by atoms with E-state index in [1.54, 1.807) is 19.1 Å². The SMILES string of the molecule is CCOC(=O)c1c(NC(=O)c2cc(SC)ccc2Cl)sc2c1CCC2. The van der Waals surface area contributed by atoms with Crippen LogP contribution in [0.4, 0.5) is 5.00 Å². The van der Waals surface area contributed by atoms with Crippen LogP contribution in [0.25, 0.3) is 0 Å². The van der Waals surface area contributed by atoms with Gasteiger partial charge in [-0.25, -0.2) is 4.79 Å². The van der Waals surface area contributed by atoms with Crippen molar-refractivity contribution in [3.05, 3.63) is 44.8 Å². The molecule has 0 unspecified atom stereocenters. The summed E-state index contributed by atoms with van der Waals surface area (Å²) < 4.78 is 5.19. The third-order valence-electron chi connectivity index (χ3n) is 4.05. The van der Waals surface area contributed by atoms with Crippen molar-refractivity contribution in [2.75, 3.05) is 18.2 Å². The number of thiophene rings is 1. The number of benzene rings is 1. The smallest absolute Gasteiger partial charge is 0.341 e. The van der Waals surface area contributed by atoms with Crippen LogP contribution in [0.5, 0.6) is 0 Å². The summed E-state index contributed by atoms with van der Waals surface area (Å²) in [6, 6.07) is 5.34. The Morgan fingerprint density at radius 1 is 1.36 bits per heavy atom. The molecule has 1 heterocycles. The van der Waals surface area contributed by atoms with E-state index in [0.29, 0.717) is 27.8 Å². The van der Waals surface area contributed by atoms with Gasteiger partial charge in [-0.1, -0.05) is 11.6 Å². The van der Waals surface area contributed by atoms with E-state index in [-0.39, 0.29) is 11.9 Å². The number of rotatable bonds is 5. The van der Waals surface area contributed by atoms with Gasteiger partial charge in [0.1, 0.15) is 5.00 Å². The van der Waals surface area contributed by atoms with Crippen molar-refractivity contribution in [3.63, 3.8) is 0 Å². The molecule has 0 saturated heterocycles. The number of carbonyl (C=O) groups excluding carboxylic acids is 2. The fourth-order valence-electron chi connectivity index (χ4n) is 2.89. The number of carbonyl (C=O) groups is 2. The summed E-state index contributed by atoms with van der Waals surface area (Å²) in [6.45, 7) is 2.08. The topological polar surface area (TPSA) is 55.4 Å². The summed E-state index contributed by atoms with van der Waals surface area (Å²) in [5.41, 5.74) is 1.92. The molecular formula is C18H18ClNO3S2. The largest absolute Gasteiger partial charge is 0.462 e. The van der Waals surface area contributed by atoms with Gasteiger partial charge in [-0.2, -0.15) is 0 Å². The maximum Gasteiger partial charge on any atom is 0.341 e. The highest BCUT2D eigenvalue weighted by Crippen LogP contribution is 2.40. The van der Waals surface area contributed by atoms with Gasteiger partial charge in [0, 0.05) is 9.77 Å². The number of halogens is 1. The Kier molecular flexibility index (Phi) is 5.71. The monoisotopic (exact) mass is 395 g/mol. The van der Waals surface area contributed by atoms with E-state index in [9.17, 15) is 9.59 Å². The zero-order chi connectivity index (χ0) is 18.0. The lowest BCUT2D eigenvalue weighted by Gasteiger charge is -2.09. The van der Waals surface area contributed by atoms with Crippen molar-refractivity contribution in [1.29, 1.82) is 0 Å². The molecule has 0 fully saturated rings. The highest BCUT2D eigenvalue weighted by atomic mass is 35.5. The predicted molar refractivity (Wildman–Crippen MR) is 103 cm³/mol. The minimum Gasteiger partial charge on any atom is -0.462 e. The summed E-state index contributed by atoms with van der Waals surface area (Å²) in [5.74, 6) is -0.687. The van der Waals surface area contributed by atoms with E-state index in [1.807, 2.05) is 12.3 Å². The van der Waals surface area contributed by atoms with Gasteiger partial charge in [0.05, 0.1) is 22.8 Å². The number of nitrogens with one attached hydrogen (secondary N) is 1. The lowest BCUT2D eigenvalue weighted by Crippen LogP contribution is -2.15. The zero-order valence-electron chi connectivity index (χ0n) is 14.0. The highest BCUT2D eigenvalue weighted by Gasteiger charge is 2.28. The number of esters is 1. The van der Waals surface area contributed by atoms with Gasteiger partial charge in [0.2, 0.25) is 0 Å². The summed E-state index contributed by atoms with van der Waals surface area (Å²) >= 11 is 9.18. The summed E-state index contributed by atoms with van der Waals surface area (Å²) in [5, 5.41) is 3.81. The molecule has 0 saturated carbocycles. The maximum atomic E-state index is 12.7. The first-order valence-electron chi connectivity index (χ1n) is 8.01. The second kappa shape index (κ2) is 7.81. The lowest BCUT2D eigenvalue weighted by atomic mass is 10.1. The van der Waals surface area contributed by atoms with Crippen LogP contribution in [0, 0.1) is 0 Å². The Bertz CT molecular complexity index is 832. The van der Waals surface area contributed by atoms with Crippen molar-refractivity contribution < 1.29 is 14.3 Å². The standard InChI is InChI=1S/C18H18ClNO3S2/c1-3-23-18(22)15-11-5-4-6-14(11)25-17(15)20-16(21)12-9-10(24-2)7-8-13(12)19/h7-9H,3-6H2,1-2H3,(H,20,21). The van der Waals surface area contributed by atoms with E-state index in [2.05, 4.69) is 5.32 Å². The van der Waals surface area contributed by atoms with Crippen LogP contribution >= 0.6 is 34.7 Å². The van der Waals surface area contributed by atoms with E-state index < -0.39 is 0 Å². The van der Waals surface area contributed by atoms with Crippen LogP contribution in [0.3, 0.4) is 0 Å². The Balaban J connectivity index is 1.93. The van der Waals surface area contributed by atoms with E-state index in [1.165, 1.54) is 23.1 Å². The van der Waals surface area contributed by atoms with Gasteiger partial charge < -0.3 is 10.1 Å². The predicted octanol–water partition coefficient (Wildman–Crippen LogP) is 5.04. The van der Waals surface area contributed by atoms with Gasteiger partial charge in [0.25, 0.3) is 5.91 Å². The Morgan fingerprint density at radius 3 is 2.88 bits per heavy atom. The quantitative estimate of drug-likeness (QED) is 0.569. The Hall–Kier alpha value is -1.50. The van der Waals surface area contributed by atoms with Crippen LogP contribution in [0.15, 0.2) is 23.1 Å². The van der Waals surface area contributed by atoms with Crippen molar-refractivity contribution in [1.82, 2.24) is 0 Å². The molecule has 1 aliphatic rings. The molecule has 7 heteroatoms. The van der Waals surface area contributed by atoms with Gasteiger partial charge in [-0.3, -0.25) is 4.79 Å². The van der Waals surface area contributed by atoms with Gasteiger partial charge in [-0.15, -0.1) is 23.1 Å². The number of amides is 1. The third kappa shape index (κ3) is 3.71. The molecule has 1 aromatic carbocycles. The van der Waals surface area contributed by atoms with Crippen LogP contribution < -0.4 is 5.32 Å². The minimum atomic E-state index is -0.374. The fourth-order valence-corrected chi connectivity index (χ4v) is 4.80. The van der Waals surface area contributed by atoms with E-state index in [4.69, 9.17) is 16.3 Å². The van der Waals surface area contributed by atoms with E-state index in [0.717, 1.165) is 34.6 Å². The number of fused-ring (bicyclic) bond motifs is 1. The molecule has 4 nitrogen and oxygen atoms in total. The molecule has 1 amide bonds. The fraction of sp³-hybridized carbons (Fsp3) is 0.333. The number of hydrogen-bond donors (Lipinski definition) is 1. The van der Waals surface area contributed by atoms with Gasteiger partial charge in [0.15, 0.2) is 0 Å². The number of hydrogen-bond acceptors (Lipinski definition) is 5. The molecule has 0 aliphatic heterocycles. The first-order valence-corrected chi connectivity index (χ1v) is 10.4. The van der Waals surface area contributed by atoms with Gasteiger partial charge >= 0.3 is 5.97 Å². The van der Waals surface area contributed by atoms with Crippen LogP contribution in [0.2, 0.25) is 5.02 Å².